The van der Waals surface area contributed by atoms with E-state index in [2.05, 4.69) is 10.4 Å². The van der Waals surface area contributed by atoms with Gasteiger partial charge in [-0.3, -0.25) is 5.32 Å². The Bertz CT molecular complexity index is 653. The Morgan fingerprint density at radius 3 is 2.90 bits per heavy atom. The molecule has 0 aliphatic carbocycles. The van der Waals surface area contributed by atoms with Gasteiger partial charge in [0, 0.05) is 19.2 Å². The first-order valence-corrected chi connectivity index (χ1v) is 6.99. The van der Waals surface area contributed by atoms with E-state index < -0.39 is 6.10 Å². The van der Waals surface area contributed by atoms with Crippen molar-refractivity contribution in [3.05, 3.63) is 42.1 Å². The number of hydrogen-bond donors (Lipinski definition) is 2. The largest absolute Gasteiger partial charge is 0.391 e. The molecule has 1 aliphatic rings. The normalized spacial score (nSPS) is 18.0. The van der Waals surface area contributed by atoms with E-state index in [1.54, 1.807) is 21.8 Å². The summed E-state index contributed by atoms with van der Waals surface area (Å²) in [4.78, 5) is 13.8. The fraction of sp³-hybridized carbons (Fsp3) is 0.333. The van der Waals surface area contributed by atoms with Gasteiger partial charge in [-0.15, -0.1) is 0 Å². The van der Waals surface area contributed by atoms with Crippen LogP contribution in [0.15, 0.2) is 36.5 Å². The van der Waals surface area contributed by atoms with E-state index in [9.17, 15) is 9.90 Å². The van der Waals surface area contributed by atoms with Gasteiger partial charge in [-0.05, 0) is 25.0 Å². The van der Waals surface area contributed by atoms with Gasteiger partial charge in [0.2, 0.25) is 0 Å². The number of para-hydroxylation sites is 1. The monoisotopic (exact) mass is 286 g/mol. The number of aliphatic hydroxyl groups excluding tert-OH is 1. The van der Waals surface area contributed by atoms with E-state index in [-0.39, 0.29) is 6.03 Å². The molecule has 1 aromatic heterocycles. The van der Waals surface area contributed by atoms with E-state index in [1.165, 1.54) is 0 Å². The first kappa shape index (κ1) is 13.6. The van der Waals surface area contributed by atoms with Crippen molar-refractivity contribution in [3.63, 3.8) is 0 Å². The van der Waals surface area contributed by atoms with Crippen molar-refractivity contribution in [2.24, 2.45) is 0 Å². The average Bonchev–Trinajstić information content (AvgIpc) is 3.08. The van der Waals surface area contributed by atoms with Crippen molar-refractivity contribution in [3.8, 4) is 5.69 Å². The summed E-state index contributed by atoms with van der Waals surface area (Å²) in [5, 5.41) is 16.6. The van der Waals surface area contributed by atoms with Gasteiger partial charge in [0.05, 0.1) is 18.0 Å². The highest BCUT2D eigenvalue weighted by atomic mass is 16.3. The highest BCUT2D eigenvalue weighted by Gasteiger charge is 2.25. The molecule has 6 heteroatoms. The minimum Gasteiger partial charge on any atom is -0.391 e. The fourth-order valence-corrected chi connectivity index (χ4v) is 2.51. The number of nitrogens with one attached hydrogen (secondary N) is 1. The predicted octanol–water partition coefficient (Wildman–Crippen LogP) is 1.78. The van der Waals surface area contributed by atoms with Gasteiger partial charge in [0.15, 0.2) is 0 Å². The number of likely N-dealkylation sites (tertiary alicyclic amines) is 1. The Kier molecular flexibility index (Phi) is 3.62. The summed E-state index contributed by atoms with van der Waals surface area (Å²) in [7, 11) is 0. The summed E-state index contributed by atoms with van der Waals surface area (Å²) >= 11 is 0. The fourth-order valence-electron chi connectivity index (χ4n) is 2.51. The SMILES string of the molecule is Cc1ccccc1-n1nccc1NC(=O)N1CC[C@@H](O)C1. The van der Waals surface area contributed by atoms with E-state index in [0.29, 0.717) is 25.3 Å². The summed E-state index contributed by atoms with van der Waals surface area (Å²) in [6.45, 7) is 2.95. The van der Waals surface area contributed by atoms with Crippen LogP contribution < -0.4 is 5.32 Å². The number of hydrogen-bond acceptors (Lipinski definition) is 3. The van der Waals surface area contributed by atoms with Crippen LogP contribution in [0, 0.1) is 6.92 Å². The molecule has 6 nitrogen and oxygen atoms in total. The summed E-state index contributed by atoms with van der Waals surface area (Å²) < 4.78 is 1.71. The number of benzene rings is 1. The van der Waals surface area contributed by atoms with Crippen molar-refractivity contribution < 1.29 is 9.90 Å². The van der Waals surface area contributed by atoms with E-state index in [1.807, 2.05) is 31.2 Å². The van der Waals surface area contributed by atoms with Crippen molar-refractivity contribution in [1.82, 2.24) is 14.7 Å². The number of amides is 2. The minimum absolute atomic E-state index is 0.207. The van der Waals surface area contributed by atoms with Gasteiger partial charge >= 0.3 is 6.03 Å². The number of aliphatic hydroxyl groups is 1. The molecular weight excluding hydrogens is 268 g/mol. The van der Waals surface area contributed by atoms with Crippen LogP contribution in [0.25, 0.3) is 5.69 Å². The number of carbonyl (C=O) groups is 1. The Hall–Kier alpha value is -2.34. The molecular formula is C15H18N4O2. The van der Waals surface area contributed by atoms with Crippen LogP contribution in [0.1, 0.15) is 12.0 Å². The summed E-state index contributed by atoms with van der Waals surface area (Å²) in [5.74, 6) is 0.621. The van der Waals surface area contributed by atoms with Crippen LogP contribution in [0.4, 0.5) is 10.6 Å². The first-order chi connectivity index (χ1) is 10.1. The lowest BCUT2D eigenvalue weighted by Crippen LogP contribution is -2.34. The summed E-state index contributed by atoms with van der Waals surface area (Å²) in [5.41, 5.74) is 2.01. The lowest BCUT2D eigenvalue weighted by Gasteiger charge is -2.17. The molecule has 1 aliphatic heterocycles. The Morgan fingerprint density at radius 2 is 2.19 bits per heavy atom. The third kappa shape index (κ3) is 2.75. The van der Waals surface area contributed by atoms with Gasteiger partial charge in [0.25, 0.3) is 0 Å². The highest BCUT2D eigenvalue weighted by Crippen LogP contribution is 2.19. The third-order valence-corrected chi connectivity index (χ3v) is 3.67. The molecule has 2 N–H and O–H groups in total. The average molecular weight is 286 g/mol. The van der Waals surface area contributed by atoms with Crippen LogP contribution in [-0.4, -0.2) is 45.0 Å². The molecule has 2 aromatic rings. The van der Waals surface area contributed by atoms with Crippen molar-refractivity contribution in [2.75, 3.05) is 18.4 Å². The second-order valence-electron chi connectivity index (χ2n) is 5.23. The molecule has 2 heterocycles. The molecule has 1 saturated heterocycles. The number of aryl methyl sites for hydroxylation is 1. The van der Waals surface area contributed by atoms with Gasteiger partial charge in [-0.25, -0.2) is 9.48 Å². The Labute approximate surface area is 123 Å². The zero-order valence-corrected chi connectivity index (χ0v) is 11.9. The van der Waals surface area contributed by atoms with Gasteiger partial charge in [-0.2, -0.15) is 5.10 Å². The Balaban J connectivity index is 1.80. The van der Waals surface area contributed by atoms with Crippen LogP contribution >= 0.6 is 0 Å². The maximum atomic E-state index is 12.2. The predicted molar refractivity (Wildman–Crippen MR) is 79.5 cm³/mol. The lowest BCUT2D eigenvalue weighted by atomic mass is 10.2. The zero-order chi connectivity index (χ0) is 14.8. The molecule has 0 radical (unpaired) electrons. The first-order valence-electron chi connectivity index (χ1n) is 6.99. The van der Waals surface area contributed by atoms with E-state index in [4.69, 9.17) is 0 Å². The van der Waals surface area contributed by atoms with Crippen LogP contribution in [-0.2, 0) is 0 Å². The molecule has 21 heavy (non-hydrogen) atoms. The summed E-state index contributed by atoms with van der Waals surface area (Å²) in [6.07, 6.45) is 1.86. The van der Waals surface area contributed by atoms with Gasteiger partial charge in [0.1, 0.15) is 5.82 Å². The maximum Gasteiger partial charge on any atom is 0.323 e. The van der Waals surface area contributed by atoms with E-state index >= 15 is 0 Å². The molecule has 1 aromatic carbocycles. The number of aromatic nitrogens is 2. The van der Waals surface area contributed by atoms with Gasteiger partial charge < -0.3 is 10.0 Å². The third-order valence-electron chi connectivity index (χ3n) is 3.67. The quantitative estimate of drug-likeness (QED) is 0.884. The number of urea groups is 1. The topological polar surface area (TPSA) is 70.4 Å². The molecule has 1 fully saturated rings. The number of carbonyl (C=O) groups excluding carboxylic acids is 1. The minimum atomic E-state index is -0.419. The molecule has 2 amide bonds. The van der Waals surface area contributed by atoms with Crippen molar-refractivity contribution >= 4 is 11.8 Å². The van der Waals surface area contributed by atoms with Gasteiger partial charge in [-0.1, -0.05) is 18.2 Å². The second kappa shape index (κ2) is 5.57. The van der Waals surface area contributed by atoms with Crippen molar-refractivity contribution in [2.45, 2.75) is 19.4 Å². The number of anilines is 1. The number of rotatable bonds is 2. The zero-order valence-electron chi connectivity index (χ0n) is 11.9. The smallest absolute Gasteiger partial charge is 0.323 e. The molecule has 0 unspecified atom stereocenters. The molecule has 0 spiro atoms. The van der Waals surface area contributed by atoms with Crippen LogP contribution in [0.5, 0.6) is 0 Å². The highest BCUT2D eigenvalue weighted by molar-refractivity contribution is 5.89. The van der Waals surface area contributed by atoms with Crippen LogP contribution in [0.3, 0.4) is 0 Å². The van der Waals surface area contributed by atoms with E-state index in [0.717, 1.165) is 11.3 Å². The Morgan fingerprint density at radius 1 is 1.38 bits per heavy atom. The second-order valence-corrected chi connectivity index (χ2v) is 5.23. The molecule has 0 bridgehead atoms. The van der Waals surface area contributed by atoms with Crippen molar-refractivity contribution in [1.29, 1.82) is 0 Å². The number of nitrogens with zero attached hydrogens (tertiary/aromatic N) is 3. The lowest BCUT2D eigenvalue weighted by molar-refractivity contribution is 0.176. The summed E-state index contributed by atoms with van der Waals surface area (Å²) in [6, 6.07) is 9.41. The molecule has 0 saturated carbocycles. The molecule has 3 rings (SSSR count). The maximum absolute atomic E-state index is 12.2. The number of β-amino-alcohol motifs (C(OH)–C–C–N with tert-alkyl or cyclic N) is 1. The molecule has 1 atom stereocenters. The van der Waals surface area contributed by atoms with Crippen LogP contribution in [0.2, 0.25) is 0 Å². The standard InChI is InChI=1S/C15H18N4O2/c1-11-4-2-3-5-13(11)19-14(6-8-16-19)17-15(21)18-9-7-12(20)10-18/h2-6,8,12,20H,7,9-10H2,1H3,(H,17,21)/t12-/m1/s1. The molecule has 110 valence electrons.